The summed E-state index contributed by atoms with van der Waals surface area (Å²) in [7, 11) is 4.03. The highest BCUT2D eigenvalue weighted by Gasteiger charge is 2.59. The molecule has 0 spiro atoms. The molecule has 4 rings (SSSR count). The van der Waals surface area contributed by atoms with E-state index in [9.17, 15) is 4.79 Å². The summed E-state index contributed by atoms with van der Waals surface area (Å²) in [4.78, 5) is 15.3. The van der Waals surface area contributed by atoms with Crippen LogP contribution in [0.3, 0.4) is 0 Å². The van der Waals surface area contributed by atoms with Crippen molar-refractivity contribution in [1.29, 1.82) is 0 Å². The first-order chi connectivity index (χ1) is 23.3. The Labute approximate surface area is 347 Å². The molecule has 0 heterocycles. The van der Waals surface area contributed by atoms with Crippen LogP contribution in [0.2, 0.25) is 0 Å². The smallest absolute Gasteiger partial charge is 0.223 e. The van der Waals surface area contributed by atoms with E-state index in [4.69, 9.17) is 11.5 Å². The molecule has 5 nitrogen and oxygen atoms in total. The van der Waals surface area contributed by atoms with Gasteiger partial charge in [-0.1, -0.05) is 87.1 Å². The number of halogens is 3. The molecule has 3 fully saturated rings. The van der Waals surface area contributed by atoms with Gasteiger partial charge in [0.1, 0.15) is 0 Å². The molecular weight excluding hydrogens is 747 g/mol. The van der Waals surface area contributed by atoms with Crippen LogP contribution < -0.4 is 16.8 Å². The Bertz CT molecular complexity index is 1050. The first kappa shape index (κ1) is 50.7. The number of fused-ring (bicyclic) bond motifs is 5. The van der Waals surface area contributed by atoms with E-state index in [1.807, 2.05) is 17.7 Å². The highest BCUT2D eigenvalue weighted by Crippen LogP contribution is 2.67. The van der Waals surface area contributed by atoms with Crippen LogP contribution in [0.1, 0.15) is 151 Å². The molecule has 1 amide bonds. The van der Waals surface area contributed by atoms with Crippen LogP contribution in [0.4, 0.5) is 0 Å². The Balaban J connectivity index is 0.00000451. The predicted octanol–water partition coefficient (Wildman–Crippen LogP) is 11.1. The number of carbonyl (C=O) groups excluding carboxylic acids is 1. The third-order valence-electron chi connectivity index (χ3n) is 13.9. The first-order valence-electron chi connectivity index (χ1n) is 20.8. The van der Waals surface area contributed by atoms with Crippen molar-refractivity contribution in [1.82, 2.24) is 10.2 Å². The Morgan fingerprint density at radius 1 is 0.865 bits per heavy atom. The normalized spacial score (nSPS) is 31.0. The van der Waals surface area contributed by atoms with E-state index >= 15 is 0 Å². The number of nitrogens with one attached hydrogen (secondary N) is 1. The quantitative estimate of drug-likeness (QED) is 0.0607. The molecule has 52 heavy (non-hydrogen) atoms. The van der Waals surface area contributed by atoms with Crippen LogP contribution in [0.25, 0.3) is 0 Å². The molecule has 3 unspecified atom stereocenters. The van der Waals surface area contributed by atoms with Gasteiger partial charge in [-0.15, -0.1) is 37.2 Å². The fraction of sp³-hybridized carbons (Fsp3) is 0.929. The van der Waals surface area contributed by atoms with E-state index in [1.165, 1.54) is 70.6 Å². The highest BCUT2D eigenvalue weighted by molar-refractivity contribution is 8.76. The predicted molar refractivity (Wildman–Crippen MR) is 238 cm³/mol. The van der Waals surface area contributed by atoms with Crippen molar-refractivity contribution >= 4 is 64.7 Å². The van der Waals surface area contributed by atoms with Crippen molar-refractivity contribution in [2.45, 2.75) is 169 Å². The summed E-state index contributed by atoms with van der Waals surface area (Å²) in [5.41, 5.74) is 14.7. The molecule has 5 N–H and O–H groups in total. The second-order valence-corrected chi connectivity index (χ2v) is 21.0. The second kappa shape index (κ2) is 24.4. The third-order valence-corrected chi connectivity index (χ3v) is 16.8. The van der Waals surface area contributed by atoms with E-state index in [2.05, 4.69) is 68.6 Å². The van der Waals surface area contributed by atoms with Crippen LogP contribution in [0.15, 0.2) is 11.6 Å². The summed E-state index contributed by atoms with van der Waals surface area (Å²) in [5.74, 6) is 6.62. The molecule has 0 radical (unpaired) electrons. The molecule has 0 aromatic carbocycles. The van der Waals surface area contributed by atoms with Gasteiger partial charge in [0.05, 0.1) is 0 Å². The van der Waals surface area contributed by atoms with E-state index in [-0.39, 0.29) is 49.3 Å². The van der Waals surface area contributed by atoms with Crippen LogP contribution in [0.5, 0.6) is 0 Å². The van der Waals surface area contributed by atoms with Gasteiger partial charge >= 0.3 is 0 Å². The Kier molecular flexibility index (Phi) is 23.8. The molecule has 4 aliphatic rings. The number of hydrogen-bond acceptors (Lipinski definition) is 6. The van der Waals surface area contributed by atoms with Crippen LogP contribution in [-0.4, -0.2) is 60.1 Å². The van der Waals surface area contributed by atoms with Crippen molar-refractivity contribution in [3.63, 3.8) is 0 Å². The van der Waals surface area contributed by atoms with Gasteiger partial charge in [0.25, 0.3) is 0 Å². The highest BCUT2D eigenvalue weighted by atomic mass is 35.5. The van der Waals surface area contributed by atoms with Gasteiger partial charge < -0.3 is 21.7 Å². The summed E-state index contributed by atoms with van der Waals surface area (Å²) >= 11 is 0. The van der Waals surface area contributed by atoms with Gasteiger partial charge in [0, 0.05) is 42.6 Å². The molecule has 0 saturated heterocycles. The maximum absolute atomic E-state index is 13.3. The lowest BCUT2D eigenvalue weighted by Crippen LogP contribution is -2.50. The van der Waals surface area contributed by atoms with Gasteiger partial charge in [-0.05, 0) is 150 Å². The standard InChI is InChI=1S/C42H78N4OS2.3ClH/c1-30(2)11-10-12-31(3)37-15-16-38-36-14-13-34-29-35(17-22-41(34,6)39(36)18-23-42(37,38)7)49-48-28-21-40(47)46(27-20-33(5)44)26-9-8-24-45-25-19-32(4)43;;;/h13,30-33,35-39,45H,8-12,14-29,43-44H2,1-7H3;3*1H/t31?,32?,33?,35-,36-,37+,38-,39-,41-,42+;;;/m0.../s1. The number of allylic oxidation sites excluding steroid dienone is 2. The number of unbranched alkanes of at least 4 members (excludes halogenated alkanes) is 1. The van der Waals surface area contributed by atoms with Crippen molar-refractivity contribution < 1.29 is 4.79 Å². The molecule has 0 aromatic heterocycles. The topological polar surface area (TPSA) is 84.4 Å². The fourth-order valence-electron chi connectivity index (χ4n) is 10.9. The van der Waals surface area contributed by atoms with Gasteiger partial charge in [-0.25, -0.2) is 0 Å². The van der Waals surface area contributed by atoms with Crippen molar-refractivity contribution in [2.24, 2.45) is 57.8 Å². The van der Waals surface area contributed by atoms with E-state index in [0.717, 1.165) is 93.1 Å². The Morgan fingerprint density at radius 3 is 2.29 bits per heavy atom. The number of nitrogens with zero attached hydrogens (tertiary/aromatic N) is 1. The van der Waals surface area contributed by atoms with E-state index < -0.39 is 0 Å². The zero-order valence-electron chi connectivity index (χ0n) is 34.2. The number of amides is 1. The molecule has 0 aliphatic heterocycles. The molecule has 4 aliphatic carbocycles. The number of nitrogens with two attached hydrogens (primary N) is 2. The SMILES string of the molecule is CC(C)CCCC(C)[C@H]1CC[C@H]2[C@@H]3CC=C4C[C@@H](SSCCC(=O)N(CCCCNCCC(C)N)CCC(C)N)CC[C@]4(C)[C@H]3CC[C@]12C.Cl.Cl.Cl. The zero-order chi connectivity index (χ0) is 35.6. The van der Waals surface area contributed by atoms with Crippen molar-refractivity contribution in [3.8, 4) is 0 Å². The molecule has 10 heteroatoms. The number of rotatable bonds is 21. The average molecular weight is 829 g/mol. The molecule has 308 valence electrons. The van der Waals surface area contributed by atoms with Gasteiger partial charge in [-0.3, -0.25) is 4.79 Å². The maximum Gasteiger partial charge on any atom is 0.223 e. The van der Waals surface area contributed by atoms with Gasteiger partial charge in [0.15, 0.2) is 0 Å². The number of hydrogen-bond donors (Lipinski definition) is 3. The zero-order valence-corrected chi connectivity index (χ0v) is 38.3. The largest absolute Gasteiger partial charge is 0.343 e. The minimum absolute atomic E-state index is 0. The van der Waals surface area contributed by atoms with Crippen LogP contribution in [-0.2, 0) is 4.79 Å². The molecule has 10 atom stereocenters. The van der Waals surface area contributed by atoms with E-state index in [1.54, 1.807) is 5.57 Å². The average Bonchev–Trinajstić information content (AvgIpc) is 3.40. The van der Waals surface area contributed by atoms with Crippen molar-refractivity contribution in [3.05, 3.63) is 11.6 Å². The van der Waals surface area contributed by atoms with Crippen LogP contribution >= 0.6 is 58.8 Å². The molecular formula is C42H81Cl3N4OS2. The summed E-state index contributed by atoms with van der Waals surface area (Å²) < 4.78 is 0. The minimum Gasteiger partial charge on any atom is -0.343 e. The summed E-state index contributed by atoms with van der Waals surface area (Å²) in [6.07, 6.45) is 22.8. The first-order valence-corrected chi connectivity index (χ1v) is 23.2. The summed E-state index contributed by atoms with van der Waals surface area (Å²) in [6.45, 7) is 20.4. The Hall–Kier alpha value is 0.660. The Morgan fingerprint density at radius 2 is 1.60 bits per heavy atom. The molecule has 0 bridgehead atoms. The lowest BCUT2D eigenvalue weighted by molar-refractivity contribution is -0.130. The molecule has 0 aromatic rings. The maximum atomic E-state index is 13.3. The summed E-state index contributed by atoms with van der Waals surface area (Å²) in [6, 6.07) is 0.375. The molecule has 3 saturated carbocycles. The lowest BCUT2D eigenvalue weighted by atomic mass is 9.47. The monoisotopic (exact) mass is 826 g/mol. The summed E-state index contributed by atoms with van der Waals surface area (Å²) in [5, 5.41) is 4.18. The van der Waals surface area contributed by atoms with Gasteiger partial charge in [0.2, 0.25) is 5.91 Å². The third kappa shape index (κ3) is 13.9. The van der Waals surface area contributed by atoms with Gasteiger partial charge in [-0.2, -0.15) is 0 Å². The minimum atomic E-state index is 0. The number of carbonyl (C=O) groups is 1. The van der Waals surface area contributed by atoms with Crippen LogP contribution in [0, 0.1) is 46.3 Å². The second-order valence-electron chi connectivity index (χ2n) is 18.2. The lowest BCUT2D eigenvalue weighted by Gasteiger charge is -2.58. The van der Waals surface area contributed by atoms with Crippen molar-refractivity contribution in [2.75, 3.05) is 31.9 Å². The van der Waals surface area contributed by atoms with E-state index in [0.29, 0.717) is 28.4 Å². The fourth-order valence-corrected chi connectivity index (χ4v) is 13.5.